The molecule has 1 unspecified atom stereocenters. The molecule has 2 aromatic rings. The first-order valence-corrected chi connectivity index (χ1v) is 7.48. The van der Waals surface area contributed by atoms with Gasteiger partial charge in [0.2, 0.25) is 0 Å². The van der Waals surface area contributed by atoms with Crippen LogP contribution in [0.1, 0.15) is 50.7 Å². The van der Waals surface area contributed by atoms with Crippen molar-refractivity contribution in [2.45, 2.75) is 45.7 Å². The van der Waals surface area contributed by atoms with Crippen molar-refractivity contribution in [1.82, 2.24) is 14.8 Å². The van der Waals surface area contributed by atoms with Gasteiger partial charge in [-0.15, -0.1) is 0 Å². The third kappa shape index (κ3) is 4.04. The van der Waals surface area contributed by atoms with Gasteiger partial charge in [-0.25, -0.2) is 9.67 Å². The molecule has 0 fully saturated rings. The molecule has 2 N–H and O–H groups in total. The van der Waals surface area contributed by atoms with Gasteiger partial charge in [0.15, 0.2) is 0 Å². The van der Waals surface area contributed by atoms with Gasteiger partial charge in [0, 0.05) is 18.5 Å². The molecule has 114 valence electrons. The Morgan fingerprint density at radius 2 is 2.14 bits per heavy atom. The number of hydrogen-bond donors (Lipinski definition) is 1. The highest BCUT2D eigenvalue weighted by Gasteiger charge is 2.14. The van der Waals surface area contributed by atoms with Crippen molar-refractivity contribution in [3.05, 3.63) is 42.0 Å². The molecule has 0 saturated heterocycles. The molecular weight excluding hydrogens is 264 g/mol. The molecule has 0 spiro atoms. The topological polar surface area (TPSA) is 66.0 Å². The third-order valence-corrected chi connectivity index (χ3v) is 3.30. The predicted octanol–water partition coefficient (Wildman–Crippen LogP) is 2.89. The summed E-state index contributed by atoms with van der Waals surface area (Å²) in [4.78, 5) is 4.32. The van der Waals surface area contributed by atoms with Gasteiger partial charge >= 0.3 is 0 Å². The van der Waals surface area contributed by atoms with Crippen LogP contribution in [0.4, 0.5) is 0 Å². The monoisotopic (exact) mass is 288 g/mol. The van der Waals surface area contributed by atoms with Gasteiger partial charge in [0.05, 0.1) is 6.61 Å². The third-order valence-electron chi connectivity index (χ3n) is 3.30. The SMILES string of the molecule is CCCOc1cccc(C(N)Cc2ncnn2C(C)C)c1. The Balaban J connectivity index is 2.09. The van der Waals surface area contributed by atoms with Crippen molar-refractivity contribution >= 4 is 0 Å². The van der Waals surface area contributed by atoms with E-state index in [4.69, 9.17) is 10.5 Å². The molecule has 1 aromatic heterocycles. The molecule has 0 aliphatic carbocycles. The second kappa shape index (κ2) is 7.22. The van der Waals surface area contributed by atoms with Gasteiger partial charge in [-0.05, 0) is 38.0 Å². The van der Waals surface area contributed by atoms with E-state index in [1.807, 2.05) is 28.9 Å². The number of benzene rings is 1. The van der Waals surface area contributed by atoms with Gasteiger partial charge in [0.25, 0.3) is 0 Å². The zero-order valence-electron chi connectivity index (χ0n) is 13.0. The Morgan fingerprint density at radius 3 is 2.86 bits per heavy atom. The molecule has 0 saturated carbocycles. The molecule has 5 heteroatoms. The van der Waals surface area contributed by atoms with Crippen molar-refractivity contribution in [3.63, 3.8) is 0 Å². The molecule has 1 heterocycles. The molecule has 1 atom stereocenters. The average Bonchev–Trinajstić information content (AvgIpc) is 2.93. The minimum absolute atomic E-state index is 0.114. The lowest BCUT2D eigenvalue weighted by Gasteiger charge is -2.15. The summed E-state index contributed by atoms with van der Waals surface area (Å²) in [6, 6.07) is 8.15. The van der Waals surface area contributed by atoms with Crippen LogP contribution < -0.4 is 10.5 Å². The summed E-state index contributed by atoms with van der Waals surface area (Å²) in [6.07, 6.45) is 3.24. The molecule has 0 bridgehead atoms. The summed E-state index contributed by atoms with van der Waals surface area (Å²) < 4.78 is 7.57. The van der Waals surface area contributed by atoms with Gasteiger partial charge in [-0.2, -0.15) is 5.10 Å². The Labute approximate surface area is 126 Å². The molecule has 2 rings (SSSR count). The molecule has 0 aliphatic rings. The lowest BCUT2D eigenvalue weighted by Crippen LogP contribution is -2.18. The van der Waals surface area contributed by atoms with Crippen LogP contribution in [0, 0.1) is 0 Å². The quantitative estimate of drug-likeness (QED) is 0.850. The summed E-state index contributed by atoms with van der Waals surface area (Å²) in [5, 5.41) is 4.25. The molecular formula is C16H24N4O. The van der Waals surface area contributed by atoms with E-state index in [2.05, 4.69) is 30.9 Å². The number of hydrogen-bond acceptors (Lipinski definition) is 4. The predicted molar refractivity (Wildman–Crippen MR) is 83.3 cm³/mol. The number of nitrogens with zero attached hydrogens (tertiary/aromatic N) is 3. The van der Waals surface area contributed by atoms with E-state index in [0.717, 1.165) is 30.2 Å². The molecule has 1 aromatic carbocycles. The highest BCUT2D eigenvalue weighted by atomic mass is 16.5. The number of rotatable bonds is 7. The first kappa shape index (κ1) is 15.5. The molecule has 0 radical (unpaired) electrons. The van der Waals surface area contributed by atoms with E-state index in [1.165, 1.54) is 0 Å². The van der Waals surface area contributed by atoms with E-state index in [9.17, 15) is 0 Å². The fourth-order valence-electron chi connectivity index (χ4n) is 2.22. The lowest BCUT2D eigenvalue weighted by molar-refractivity contribution is 0.317. The standard InChI is InChI=1S/C16H24N4O/c1-4-8-21-14-7-5-6-13(9-14)15(17)10-16-18-11-19-20(16)12(2)3/h5-7,9,11-12,15H,4,8,10,17H2,1-3H3. The highest BCUT2D eigenvalue weighted by Crippen LogP contribution is 2.21. The van der Waals surface area contributed by atoms with Crippen molar-refractivity contribution < 1.29 is 4.74 Å². The normalized spacial score (nSPS) is 12.6. The van der Waals surface area contributed by atoms with Crippen LogP contribution in [-0.2, 0) is 6.42 Å². The lowest BCUT2D eigenvalue weighted by atomic mass is 10.0. The average molecular weight is 288 g/mol. The molecule has 21 heavy (non-hydrogen) atoms. The Bertz CT molecular complexity index is 565. The maximum Gasteiger partial charge on any atom is 0.138 e. The van der Waals surface area contributed by atoms with Crippen LogP contribution in [-0.4, -0.2) is 21.4 Å². The zero-order chi connectivity index (χ0) is 15.2. The smallest absolute Gasteiger partial charge is 0.138 e. The van der Waals surface area contributed by atoms with Gasteiger partial charge in [0.1, 0.15) is 17.9 Å². The van der Waals surface area contributed by atoms with E-state index in [-0.39, 0.29) is 12.1 Å². The second-order valence-electron chi connectivity index (χ2n) is 5.45. The largest absolute Gasteiger partial charge is 0.494 e. The van der Waals surface area contributed by atoms with Crippen LogP contribution in [0.25, 0.3) is 0 Å². The fraction of sp³-hybridized carbons (Fsp3) is 0.500. The summed E-state index contributed by atoms with van der Waals surface area (Å²) in [6.45, 7) is 6.99. The molecule has 0 amide bonds. The summed E-state index contributed by atoms with van der Waals surface area (Å²) in [5.74, 6) is 1.78. The number of aromatic nitrogens is 3. The van der Waals surface area contributed by atoms with Crippen molar-refractivity contribution in [1.29, 1.82) is 0 Å². The van der Waals surface area contributed by atoms with Crippen LogP contribution in [0.2, 0.25) is 0 Å². The fourth-order valence-corrected chi connectivity index (χ4v) is 2.22. The van der Waals surface area contributed by atoms with Gasteiger partial charge in [-0.1, -0.05) is 19.1 Å². The Morgan fingerprint density at radius 1 is 1.33 bits per heavy atom. The first-order valence-electron chi connectivity index (χ1n) is 7.48. The van der Waals surface area contributed by atoms with Crippen molar-refractivity contribution in [2.24, 2.45) is 5.73 Å². The van der Waals surface area contributed by atoms with Crippen molar-refractivity contribution in [2.75, 3.05) is 6.61 Å². The molecule has 0 aliphatic heterocycles. The van der Waals surface area contributed by atoms with Gasteiger partial charge in [-0.3, -0.25) is 0 Å². The van der Waals surface area contributed by atoms with Crippen LogP contribution in [0.5, 0.6) is 5.75 Å². The van der Waals surface area contributed by atoms with E-state index < -0.39 is 0 Å². The highest BCUT2D eigenvalue weighted by molar-refractivity contribution is 5.30. The van der Waals surface area contributed by atoms with Crippen LogP contribution in [0.15, 0.2) is 30.6 Å². The van der Waals surface area contributed by atoms with Crippen LogP contribution >= 0.6 is 0 Å². The Kier molecular flexibility index (Phi) is 5.33. The maximum absolute atomic E-state index is 6.32. The van der Waals surface area contributed by atoms with E-state index >= 15 is 0 Å². The zero-order valence-corrected chi connectivity index (χ0v) is 13.0. The molecule has 5 nitrogen and oxygen atoms in total. The minimum Gasteiger partial charge on any atom is -0.494 e. The second-order valence-corrected chi connectivity index (χ2v) is 5.45. The van der Waals surface area contributed by atoms with E-state index in [1.54, 1.807) is 6.33 Å². The maximum atomic E-state index is 6.32. The first-order chi connectivity index (χ1) is 10.1. The van der Waals surface area contributed by atoms with Crippen LogP contribution in [0.3, 0.4) is 0 Å². The number of nitrogens with two attached hydrogens (primary N) is 1. The van der Waals surface area contributed by atoms with Gasteiger partial charge < -0.3 is 10.5 Å². The van der Waals surface area contributed by atoms with E-state index in [0.29, 0.717) is 6.42 Å². The number of ether oxygens (including phenoxy) is 1. The Hall–Kier alpha value is -1.88. The summed E-state index contributed by atoms with van der Waals surface area (Å²) in [7, 11) is 0. The van der Waals surface area contributed by atoms with Crippen molar-refractivity contribution in [3.8, 4) is 5.75 Å². The minimum atomic E-state index is -0.114. The summed E-state index contributed by atoms with van der Waals surface area (Å²) in [5.41, 5.74) is 7.37. The summed E-state index contributed by atoms with van der Waals surface area (Å²) >= 11 is 0.